The van der Waals surface area contributed by atoms with E-state index in [0.29, 0.717) is 18.0 Å². The van der Waals surface area contributed by atoms with Crippen LogP contribution in [-0.4, -0.2) is 19.6 Å². The third-order valence-corrected chi connectivity index (χ3v) is 2.39. The van der Waals surface area contributed by atoms with Gasteiger partial charge in [0, 0.05) is 6.54 Å². The molecule has 0 atom stereocenters. The quantitative estimate of drug-likeness (QED) is 0.653. The van der Waals surface area contributed by atoms with Gasteiger partial charge in [-0.15, -0.1) is 0 Å². The van der Waals surface area contributed by atoms with Crippen LogP contribution < -0.4 is 14.8 Å². The molecule has 0 aliphatic rings. The Balaban J connectivity index is 2.96. The fourth-order valence-electron chi connectivity index (χ4n) is 1.38. The number of amides is 1. The van der Waals surface area contributed by atoms with E-state index in [0.717, 1.165) is 11.1 Å². The molecule has 0 saturated heterocycles. The van der Waals surface area contributed by atoms with E-state index in [9.17, 15) is 4.79 Å². The number of carbonyl (C=O) groups excluding carboxylic acids is 1. The monoisotopic (exact) mass is 243 g/mol. The molecule has 4 nitrogen and oxygen atoms in total. The molecule has 0 radical (unpaired) electrons. The van der Waals surface area contributed by atoms with Crippen molar-refractivity contribution in [1.82, 2.24) is 5.32 Å². The van der Waals surface area contributed by atoms with Crippen LogP contribution in [0, 0.1) is 6.92 Å². The number of nitrogens with one attached hydrogen (secondary N) is 1. The Kier molecular flexibility index (Phi) is 4.43. The van der Waals surface area contributed by atoms with Crippen molar-refractivity contribution in [3.8, 4) is 11.5 Å². The highest BCUT2D eigenvalue weighted by atomic mass is 35.5. The number of hydrogen-bond acceptors (Lipinski definition) is 3. The van der Waals surface area contributed by atoms with Crippen LogP contribution in [0.25, 0.3) is 0 Å². The Labute approximate surface area is 99.5 Å². The first-order valence-corrected chi connectivity index (χ1v) is 5.11. The van der Waals surface area contributed by atoms with E-state index in [-0.39, 0.29) is 0 Å². The van der Waals surface area contributed by atoms with Gasteiger partial charge in [-0.05, 0) is 41.8 Å². The Morgan fingerprint density at radius 2 is 1.88 bits per heavy atom. The summed E-state index contributed by atoms with van der Waals surface area (Å²) < 4.78 is 10.3. The van der Waals surface area contributed by atoms with E-state index in [2.05, 4.69) is 5.32 Å². The van der Waals surface area contributed by atoms with Crippen molar-refractivity contribution in [3.63, 3.8) is 0 Å². The molecule has 0 unspecified atom stereocenters. The maximum absolute atomic E-state index is 10.6. The van der Waals surface area contributed by atoms with Crippen molar-refractivity contribution in [2.75, 3.05) is 14.2 Å². The molecule has 0 aliphatic carbocycles. The molecule has 0 bridgehead atoms. The molecule has 0 aromatic heterocycles. The lowest BCUT2D eigenvalue weighted by Crippen LogP contribution is -2.16. The highest BCUT2D eigenvalue weighted by Gasteiger charge is 2.08. The van der Waals surface area contributed by atoms with Gasteiger partial charge in [-0.25, -0.2) is 0 Å². The first-order valence-electron chi connectivity index (χ1n) is 4.73. The molecule has 1 rings (SSSR count). The van der Waals surface area contributed by atoms with Gasteiger partial charge in [-0.2, -0.15) is 0 Å². The van der Waals surface area contributed by atoms with Gasteiger partial charge in [0.1, 0.15) is 0 Å². The summed E-state index contributed by atoms with van der Waals surface area (Å²) in [6.45, 7) is 2.30. The highest BCUT2D eigenvalue weighted by molar-refractivity contribution is 6.62. The Morgan fingerprint density at radius 1 is 1.31 bits per heavy atom. The molecular formula is C11H14ClNO3. The van der Waals surface area contributed by atoms with E-state index in [4.69, 9.17) is 21.1 Å². The Morgan fingerprint density at radius 3 is 2.38 bits per heavy atom. The van der Waals surface area contributed by atoms with Crippen LogP contribution in [0.2, 0.25) is 0 Å². The predicted octanol–water partition coefficient (Wildman–Crippen LogP) is 2.46. The fourth-order valence-corrected chi connectivity index (χ4v) is 1.44. The predicted molar refractivity (Wildman–Crippen MR) is 62.4 cm³/mol. The molecule has 0 heterocycles. The highest BCUT2D eigenvalue weighted by Crippen LogP contribution is 2.30. The second-order valence-corrected chi connectivity index (χ2v) is 3.60. The van der Waals surface area contributed by atoms with Crippen LogP contribution >= 0.6 is 11.6 Å². The van der Waals surface area contributed by atoms with Gasteiger partial charge in [0.05, 0.1) is 14.2 Å². The van der Waals surface area contributed by atoms with Crippen LogP contribution in [0.3, 0.4) is 0 Å². The minimum atomic E-state index is -0.575. The molecule has 0 aliphatic heterocycles. The van der Waals surface area contributed by atoms with Crippen LogP contribution in [0.1, 0.15) is 11.1 Å². The zero-order valence-electron chi connectivity index (χ0n) is 9.46. The molecule has 1 aromatic rings. The summed E-state index contributed by atoms with van der Waals surface area (Å²) in [5.41, 5.74) is 1.94. The van der Waals surface area contributed by atoms with Gasteiger partial charge in [0.2, 0.25) is 0 Å². The van der Waals surface area contributed by atoms with Gasteiger partial charge in [0.15, 0.2) is 11.5 Å². The second-order valence-electron chi connectivity index (χ2n) is 3.26. The van der Waals surface area contributed by atoms with Crippen molar-refractivity contribution in [2.24, 2.45) is 0 Å². The van der Waals surface area contributed by atoms with E-state index in [1.807, 2.05) is 19.1 Å². The minimum absolute atomic E-state index is 0.370. The van der Waals surface area contributed by atoms with Gasteiger partial charge in [-0.1, -0.05) is 0 Å². The third kappa shape index (κ3) is 3.03. The molecule has 0 fully saturated rings. The van der Waals surface area contributed by atoms with E-state index in [1.54, 1.807) is 14.2 Å². The van der Waals surface area contributed by atoms with E-state index >= 15 is 0 Å². The van der Waals surface area contributed by atoms with E-state index < -0.39 is 5.37 Å². The van der Waals surface area contributed by atoms with Crippen LogP contribution in [0.15, 0.2) is 12.1 Å². The van der Waals surface area contributed by atoms with Gasteiger partial charge >= 0.3 is 5.37 Å². The normalized spacial score (nSPS) is 9.75. The summed E-state index contributed by atoms with van der Waals surface area (Å²) in [4.78, 5) is 10.6. The number of rotatable bonds is 4. The van der Waals surface area contributed by atoms with Crippen molar-refractivity contribution in [2.45, 2.75) is 13.5 Å². The van der Waals surface area contributed by atoms with Crippen LogP contribution in [-0.2, 0) is 6.54 Å². The fraction of sp³-hybridized carbons (Fsp3) is 0.364. The first-order chi connectivity index (χ1) is 7.58. The van der Waals surface area contributed by atoms with Gasteiger partial charge < -0.3 is 14.8 Å². The van der Waals surface area contributed by atoms with E-state index in [1.165, 1.54) is 0 Å². The summed E-state index contributed by atoms with van der Waals surface area (Å²) in [5.74, 6) is 1.30. The molecule has 5 heteroatoms. The maximum Gasteiger partial charge on any atom is 0.314 e. The second kappa shape index (κ2) is 5.61. The summed E-state index contributed by atoms with van der Waals surface area (Å²) in [6, 6.07) is 3.68. The number of halogens is 1. The SMILES string of the molecule is COc1cc(C)c(CNC(=O)Cl)cc1OC. The third-order valence-electron chi connectivity index (χ3n) is 2.26. The molecule has 1 aromatic carbocycles. The standard InChI is InChI=1S/C11H14ClNO3/c1-7-4-9(15-2)10(16-3)5-8(7)6-13-11(12)14/h4-5H,6H2,1-3H3,(H,13,14). The molecule has 1 N–H and O–H groups in total. The van der Waals surface area contributed by atoms with Crippen LogP contribution in [0.4, 0.5) is 4.79 Å². The molecule has 16 heavy (non-hydrogen) atoms. The maximum atomic E-state index is 10.6. The molecular weight excluding hydrogens is 230 g/mol. The van der Waals surface area contributed by atoms with Crippen LogP contribution in [0.5, 0.6) is 11.5 Å². The first kappa shape index (κ1) is 12.6. The molecule has 1 amide bonds. The number of hydrogen-bond donors (Lipinski definition) is 1. The summed E-state index contributed by atoms with van der Waals surface area (Å²) in [6.07, 6.45) is 0. The molecule has 0 saturated carbocycles. The molecule has 88 valence electrons. The zero-order valence-corrected chi connectivity index (χ0v) is 10.2. The number of aryl methyl sites for hydroxylation is 1. The number of ether oxygens (including phenoxy) is 2. The Bertz CT molecular complexity index is 393. The smallest absolute Gasteiger partial charge is 0.314 e. The number of methoxy groups -OCH3 is 2. The summed E-state index contributed by atoms with van der Waals surface area (Å²) >= 11 is 5.21. The van der Waals surface area contributed by atoms with Crippen molar-refractivity contribution >= 4 is 17.0 Å². The number of benzene rings is 1. The summed E-state index contributed by atoms with van der Waals surface area (Å²) in [7, 11) is 3.15. The average molecular weight is 244 g/mol. The zero-order chi connectivity index (χ0) is 12.1. The minimum Gasteiger partial charge on any atom is -0.493 e. The Hall–Kier alpha value is -1.42. The lowest BCUT2D eigenvalue weighted by Gasteiger charge is -2.12. The lowest BCUT2D eigenvalue weighted by molar-refractivity contribution is 0.259. The van der Waals surface area contributed by atoms with Gasteiger partial charge in [-0.3, -0.25) is 4.79 Å². The average Bonchev–Trinajstić information content (AvgIpc) is 2.26. The van der Waals surface area contributed by atoms with Crippen molar-refractivity contribution in [1.29, 1.82) is 0 Å². The molecule has 0 spiro atoms. The summed E-state index contributed by atoms with van der Waals surface area (Å²) in [5, 5.41) is 1.95. The van der Waals surface area contributed by atoms with Crippen molar-refractivity contribution in [3.05, 3.63) is 23.3 Å². The topological polar surface area (TPSA) is 47.6 Å². The van der Waals surface area contributed by atoms with Crippen molar-refractivity contribution < 1.29 is 14.3 Å². The lowest BCUT2D eigenvalue weighted by atomic mass is 10.1. The van der Waals surface area contributed by atoms with Gasteiger partial charge in [0.25, 0.3) is 0 Å². The largest absolute Gasteiger partial charge is 0.493 e. The number of carbonyl (C=O) groups is 1.